The van der Waals surface area contributed by atoms with Gasteiger partial charge in [0.25, 0.3) is 0 Å². The Labute approximate surface area is 116 Å². The first kappa shape index (κ1) is 12.5. The van der Waals surface area contributed by atoms with Gasteiger partial charge in [0.2, 0.25) is 0 Å². The van der Waals surface area contributed by atoms with Crippen LogP contribution in [0, 0.1) is 0 Å². The quantitative estimate of drug-likeness (QED) is 0.910. The number of likely N-dealkylation sites (tertiary alicyclic amines) is 1. The van der Waals surface area contributed by atoms with Crippen molar-refractivity contribution in [2.45, 2.75) is 31.9 Å². The SMILES string of the molecule is CC1(O)CCN(Cc2cc(Br)cc3c2OCC3)C1. The summed E-state index contributed by atoms with van der Waals surface area (Å²) in [5, 5.41) is 10.0. The van der Waals surface area contributed by atoms with Crippen molar-refractivity contribution in [2.24, 2.45) is 0 Å². The molecule has 0 amide bonds. The van der Waals surface area contributed by atoms with Crippen molar-refractivity contribution in [3.63, 3.8) is 0 Å². The number of fused-ring (bicyclic) bond motifs is 1. The van der Waals surface area contributed by atoms with E-state index in [1.165, 1.54) is 11.1 Å². The number of aliphatic hydroxyl groups is 1. The molecule has 0 saturated carbocycles. The number of benzene rings is 1. The van der Waals surface area contributed by atoms with Crippen molar-refractivity contribution in [2.75, 3.05) is 19.7 Å². The predicted octanol–water partition coefficient (Wildman–Crippen LogP) is 2.34. The Morgan fingerprint density at radius 3 is 3.06 bits per heavy atom. The molecule has 1 aromatic rings. The third-order valence-electron chi connectivity index (χ3n) is 3.75. The number of hydrogen-bond acceptors (Lipinski definition) is 3. The number of ether oxygens (including phenoxy) is 1. The van der Waals surface area contributed by atoms with Crippen LogP contribution < -0.4 is 4.74 Å². The highest BCUT2D eigenvalue weighted by Gasteiger charge is 2.32. The zero-order chi connectivity index (χ0) is 12.8. The Kier molecular flexibility index (Phi) is 3.12. The summed E-state index contributed by atoms with van der Waals surface area (Å²) in [4.78, 5) is 2.30. The predicted molar refractivity (Wildman–Crippen MR) is 73.9 cm³/mol. The molecule has 1 saturated heterocycles. The van der Waals surface area contributed by atoms with Gasteiger partial charge in [-0.1, -0.05) is 15.9 Å². The lowest BCUT2D eigenvalue weighted by Gasteiger charge is -2.20. The Hall–Kier alpha value is -0.580. The van der Waals surface area contributed by atoms with Gasteiger partial charge in [0.1, 0.15) is 5.75 Å². The third kappa shape index (κ3) is 2.42. The molecule has 1 N–H and O–H groups in total. The van der Waals surface area contributed by atoms with Crippen LogP contribution in [0.3, 0.4) is 0 Å². The van der Waals surface area contributed by atoms with Gasteiger partial charge in [-0.05, 0) is 31.0 Å². The van der Waals surface area contributed by atoms with Gasteiger partial charge >= 0.3 is 0 Å². The molecule has 0 aromatic heterocycles. The Morgan fingerprint density at radius 2 is 2.33 bits per heavy atom. The van der Waals surface area contributed by atoms with Crippen LogP contribution in [0.15, 0.2) is 16.6 Å². The number of β-amino-alcohol motifs (C(OH)–C–C–N with tert-alkyl or cyclic N) is 1. The van der Waals surface area contributed by atoms with Crippen LogP contribution in [-0.4, -0.2) is 35.3 Å². The van der Waals surface area contributed by atoms with Gasteiger partial charge in [0.05, 0.1) is 12.2 Å². The summed E-state index contributed by atoms with van der Waals surface area (Å²) in [6, 6.07) is 4.28. The molecule has 1 fully saturated rings. The molecule has 0 spiro atoms. The average molecular weight is 312 g/mol. The molecule has 18 heavy (non-hydrogen) atoms. The number of nitrogens with zero attached hydrogens (tertiary/aromatic N) is 1. The van der Waals surface area contributed by atoms with Gasteiger partial charge in [0.15, 0.2) is 0 Å². The zero-order valence-electron chi connectivity index (χ0n) is 10.6. The summed E-state index contributed by atoms with van der Waals surface area (Å²) in [6.45, 7) is 5.26. The van der Waals surface area contributed by atoms with Crippen molar-refractivity contribution in [3.05, 3.63) is 27.7 Å². The van der Waals surface area contributed by atoms with Crippen LogP contribution in [0.1, 0.15) is 24.5 Å². The van der Waals surface area contributed by atoms with E-state index in [9.17, 15) is 5.11 Å². The molecular formula is C14H18BrNO2. The number of rotatable bonds is 2. The van der Waals surface area contributed by atoms with Gasteiger partial charge in [-0.3, -0.25) is 4.90 Å². The van der Waals surface area contributed by atoms with Crippen molar-refractivity contribution < 1.29 is 9.84 Å². The Morgan fingerprint density at radius 1 is 1.50 bits per heavy atom. The number of halogens is 1. The molecule has 0 bridgehead atoms. The van der Waals surface area contributed by atoms with E-state index in [0.717, 1.165) is 49.3 Å². The molecule has 2 aliphatic heterocycles. The molecule has 1 unspecified atom stereocenters. The monoisotopic (exact) mass is 311 g/mol. The van der Waals surface area contributed by atoms with E-state index >= 15 is 0 Å². The maximum absolute atomic E-state index is 10.0. The summed E-state index contributed by atoms with van der Waals surface area (Å²) < 4.78 is 6.86. The molecule has 2 heterocycles. The average Bonchev–Trinajstić information content (AvgIpc) is 2.84. The van der Waals surface area contributed by atoms with E-state index in [0.29, 0.717) is 0 Å². The summed E-state index contributed by atoms with van der Waals surface area (Å²) in [5.74, 6) is 1.06. The van der Waals surface area contributed by atoms with E-state index in [-0.39, 0.29) is 0 Å². The normalized spacial score (nSPS) is 27.3. The third-order valence-corrected chi connectivity index (χ3v) is 4.21. The van der Waals surface area contributed by atoms with Crippen LogP contribution in [0.25, 0.3) is 0 Å². The van der Waals surface area contributed by atoms with Crippen molar-refractivity contribution in [1.82, 2.24) is 4.90 Å². The lowest BCUT2D eigenvalue weighted by Crippen LogP contribution is -2.29. The molecule has 0 radical (unpaired) electrons. The van der Waals surface area contributed by atoms with E-state index in [1.807, 2.05) is 6.92 Å². The second kappa shape index (κ2) is 4.51. The highest BCUT2D eigenvalue weighted by Crippen LogP contribution is 2.34. The van der Waals surface area contributed by atoms with Crippen LogP contribution >= 0.6 is 15.9 Å². The van der Waals surface area contributed by atoms with Crippen molar-refractivity contribution >= 4 is 15.9 Å². The first-order chi connectivity index (χ1) is 8.53. The second-order valence-electron chi connectivity index (χ2n) is 5.61. The molecule has 98 valence electrons. The highest BCUT2D eigenvalue weighted by atomic mass is 79.9. The smallest absolute Gasteiger partial charge is 0.127 e. The highest BCUT2D eigenvalue weighted by molar-refractivity contribution is 9.10. The van der Waals surface area contributed by atoms with Crippen LogP contribution in [0.5, 0.6) is 5.75 Å². The van der Waals surface area contributed by atoms with E-state index in [2.05, 4.69) is 33.0 Å². The van der Waals surface area contributed by atoms with Gasteiger partial charge in [-0.2, -0.15) is 0 Å². The first-order valence-corrected chi connectivity index (χ1v) is 7.22. The first-order valence-electron chi connectivity index (χ1n) is 6.42. The molecule has 2 aliphatic rings. The van der Waals surface area contributed by atoms with E-state index < -0.39 is 5.60 Å². The summed E-state index contributed by atoms with van der Waals surface area (Å²) in [7, 11) is 0. The van der Waals surface area contributed by atoms with Gasteiger partial charge < -0.3 is 9.84 Å². The fraction of sp³-hybridized carbons (Fsp3) is 0.571. The standard InChI is InChI=1S/C14H18BrNO2/c1-14(17)3-4-16(9-14)8-11-7-12(15)6-10-2-5-18-13(10)11/h6-7,17H,2-5,8-9H2,1H3. The zero-order valence-corrected chi connectivity index (χ0v) is 12.2. The van der Waals surface area contributed by atoms with Crippen LogP contribution in [-0.2, 0) is 13.0 Å². The maximum atomic E-state index is 10.0. The lowest BCUT2D eigenvalue weighted by atomic mass is 10.1. The Balaban J connectivity index is 1.81. The number of hydrogen-bond donors (Lipinski definition) is 1. The van der Waals surface area contributed by atoms with Crippen molar-refractivity contribution in [3.8, 4) is 5.75 Å². The topological polar surface area (TPSA) is 32.7 Å². The largest absolute Gasteiger partial charge is 0.493 e. The molecule has 1 aromatic carbocycles. The van der Waals surface area contributed by atoms with Gasteiger partial charge in [-0.15, -0.1) is 0 Å². The van der Waals surface area contributed by atoms with Crippen LogP contribution in [0.4, 0.5) is 0 Å². The molecule has 3 rings (SSSR count). The summed E-state index contributed by atoms with van der Waals surface area (Å²) in [5.41, 5.74) is 2.00. The molecular weight excluding hydrogens is 294 g/mol. The fourth-order valence-corrected chi connectivity index (χ4v) is 3.43. The maximum Gasteiger partial charge on any atom is 0.127 e. The Bertz CT molecular complexity index is 473. The lowest BCUT2D eigenvalue weighted by molar-refractivity contribution is 0.0678. The van der Waals surface area contributed by atoms with Gasteiger partial charge in [-0.25, -0.2) is 0 Å². The summed E-state index contributed by atoms with van der Waals surface area (Å²) >= 11 is 3.56. The molecule has 3 nitrogen and oxygen atoms in total. The van der Waals surface area contributed by atoms with Gasteiger partial charge in [0, 0.05) is 36.1 Å². The minimum atomic E-state index is -0.532. The minimum absolute atomic E-state index is 0.532. The molecule has 1 atom stereocenters. The van der Waals surface area contributed by atoms with Crippen LogP contribution in [0.2, 0.25) is 0 Å². The van der Waals surface area contributed by atoms with E-state index in [4.69, 9.17) is 4.74 Å². The van der Waals surface area contributed by atoms with E-state index in [1.54, 1.807) is 0 Å². The minimum Gasteiger partial charge on any atom is -0.493 e. The molecule has 0 aliphatic carbocycles. The van der Waals surface area contributed by atoms with Crippen molar-refractivity contribution in [1.29, 1.82) is 0 Å². The molecule has 4 heteroatoms. The second-order valence-corrected chi connectivity index (χ2v) is 6.52. The fourth-order valence-electron chi connectivity index (χ4n) is 2.88. The summed E-state index contributed by atoms with van der Waals surface area (Å²) in [6.07, 6.45) is 1.85.